The van der Waals surface area contributed by atoms with Gasteiger partial charge in [-0.15, -0.1) is 0 Å². The third-order valence-electron chi connectivity index (χ3n) is 3.17. The highest BCUT2D eigenvalue weighted by Gasteiger charge is 2.14. The van der Waals surface area contributed by atoms with Gasteiger partial charge >= 0.3 is 0 Å². The molecule has 4 nitrogen and oxygen atoms in total. The lowest BCUT2D eigenvalue weighted by atomic mass is 10.1. The van der Waals surface area contributed by atoms with Gasteiger partial charge in [0.1, 0.15) is 6.61 Å². The van der Waals surface area contributed by atoms with E-state index in [2.05, 4.69) is 5.32 Å². The Morgan fingerprint density at radius 1 is 1.44 bits per heavy atom. The highest BCUT2D eigenvalue weighted by molar-refractivity contribution is 5.77. The molecule has 1 N–H and O–H groups in total. The molecule has 94 valence electrons. The lowest BCUT2D eigenvalue weighted by molar-refractivity contribution is -0.135. The predicted octanol–water partition coefficient (Wildman–Crippen LogP) is 0.871. The van der Waals surface area contributed by atoms with Gasteiger partial charge < -0.3 is 15.0 Å². The first kappa shape index (κ1) is 13.5. The van der Waals surface area contributed by atoms with E-state index < -0.39 is 0 Å². The van der Waals surface area contributed by atoms with E-state index in [0.717, 1.165) is 38.5 Å². The maximum absolute atomic E-state index is 11.6. The normalized spacial score (nSPS) is 20.0. The molecule has 0 spiro atoms. The maximum atomic E-state index is 11.6. The summed E-state index contributed by atoms with van der Waals surface area (Å²) in [6.07, 6.45) is 2.31. The quantitative estimate of drug-likeness (QED) is 0.657. The van der Waals surface area contributed by atoms with Gasteiger partial charge in [0.2, 0.25) is 5.91 Å². The second kappa shape index (κ2) is 7.63. The summed E-state index contributed by atoms with van der Waals surface area (Å²) in [7, 11) is 0. The van der Waals surface area contributed by atoms with Gasteiger partial charge in [0.25, 0.3) is 0 Å². The number of carbonyl (C=O) groups excluding carboxylic acids is 1. The first-order valence-corrected chi connectivity index (χ1v) is 6.34. The van der Waals surface area contributed by atoms with E-state index in [1.165, 1.54) is 6.42 Å². The van der Waals surface area contributed by atoms with Crippen molar-refractivity contribution < 1.29 is 9.53 Å². The summed E-state index contributed by atoms with van der Waals surface area (Å²) in [5.74, 6) is 0.845. The van der Waals surface area contributed by atoms with Crippen LogP contribution < -0.4 is 5.32 Å². The van der Waals surface area contributed by atoms with Crippen LogP contribution in [0.3, 0.4) is 0 Å². The number of likely N-dealkylation sites (N-methyl/N-ethyl adjacent to an activating group) is 1. The molecule has 16 heavy (non-hydrogen) atoms. The Morgan fingerprint density at radius 3 is 2.75 bits per heavy atom. The minimum Gasteiger partial charge on any atom is -0.372 e. The molecule has 1 amide bonds. The first-order valence-electron chi connectivity index (χ1n) is 6.34. The Hall–Kier alpha value is -0.610. The molecule has 1 rings (SSSR count). The Kier molecular flexibility index (Phi) is 6.42. The molecule has 0 radical (unpaired) electrons. The number of carbonyl (C=O) groups is 1. The smallest absolute Gasteiger partial charge is 0.248 e. The third kappa shape index (κ3) is 4.49. The van der Waals surface area contributed by atoms with Crippen molar-refractivity contribution in [1.82, 2.24) is 10.2 Å². The molecule has 0 saturated carbocycles. The Morgan fingerprint density at radius 2 is 2.19 bits per heavy atom. The number of hydrogen-bond donors (Lipinski definition) is 1. The van der Waals surface area contributed by atoms with Crippen molar-refractivity contribution in [3.8, 4) is 0 Å². The SMILES string of the molecule is CCN(CC)C(=O)COCCC1CCNC1. The molecular weight excluding hydrogens is 204 g/mol. The molecule has 0 aromatic heterocycles. The fraction of sp³-hybridized carbons (Fsp3) is 0.917. The summed E-state index contributed by atoms with van der Waals surface area (Å²) in [5.41, 5.74) is 0. The van der Waals surface area contributed by atoms with Crippen LogP contribution in [0.25, 0.3) is 0 Å². The summed E-state index contributed by atoms with van der Waals surface area (Å²) in [6.45, 7) is 8.70. The van der Waals surface area contributed by atoms with Crippen LogP contribution in [0.2, 0.25) is 0 Å². The van der Waals surface area contributed by atoms with Crippen LogP contribution in [0.4, 0.5) is 0 Å². The number of ether oxygens (including phenoxy) is 1. The molecule has 1 aliphatic rings. The van der Waals surface area contributed by atoms with Crippen LogP contribution in [0.5, 0.6) is 0 Å². The summed E-state index contributed by atoms with van der Waals surface area (Å²) in [5, 5.41) is 3.33. The van der Waals surface area contributed by atoms with E-state index in [1.807, 2.05) is 13.8 Å². The van der Waals surface area contributed by atoms with Gasteiger partial charge in [-0.2, -0.15) is 0 Å². The zero-order chi connectivity index (χ0) is 11.8. The molecule has 0 aromatic carbocycles. The number of hydrogen-bond acceptors (Lipinski definition) is 3. The van der Waals surface area contributed by atoms with Crippen LogP contribution in [0, 0.1) is 5.92 Å². The van der Waals surface area contributed by atoms with E-state index in [9.17, 15) is 4.79 Å². The van der Waals surface area contributed by atoms with E-state index in [1.54, 1.807) is 4.90 Å². The number of nitrogens with one attached hydrogen (secondary N) is 1. The van der Waals surface area contributed by atoms with Crippen LogP contribution >= 0.6 is 0 Å². The molecule has 0 aromatic rings. The molecule has 0 aliphatic carbocycles. The average Bonchev–Trinajstić information content (AvgIpc) is 2.79. The lowest BCUT2D eigenvalue weighted by Gasteiger charge is -2.18. The monoisotopic (exact) mass is 228 g/mol. The van der Waals surface area contributed by atoms with Gasteiger partial charge in [-0.3, -0.25) is 4.79 Å². The van der Waals surface area contributed by atoms with Crippen LogP contribution in [0.1, 0.15) is 26.7 Å². The van der Waals surface area contributed by atoms with Gasteiger partial charge in [-0.25, -0.2) is 0 Å². The minimum absolute atomic E-state index is 0.106. The minimum atomic E-state index is 0.106. The first-order chi connectivity index (χ1) is 7.77. The van der Waals surface area contributed by atoms with Gasteiger partial charge in [-0.1, -0.05) is 0 Å². The second-order valence-electron chi connectivity index (χ2n) is 4.27. The van der Waals surface area contributed by atoms with E-state index in [0.29, 0.717) is 6.61 Å². The zero-order valence-corrected chi connectivity index (χ0v) is 10.5. The fourth-order valence-corrected chi connectivity index (χ4v) is 2.04. The zero-order valence-electron chi connectivity index (χ0n) is 10.5. The van der Waals surface area contributed by atoms with Crippen molar-refractivity contribution in [3.05, 3.63) is 0 Å². The van der Waals surface area contributed by atoms with Gasteiger partial charge in [-0.05, 0) is 45.7 Å². The number of nitrogens with zero attached hydrogens (tertiary/aromatic N) is 1. The topological polar surface area (TPSA) is 41.6 Å². The molecule has 1 aliphatic heterocycles. The molecule has 1 atom stereocenters. The number of amides is 1. The van der Waals surface area contributed by atoms with Crippen molar-refractivity contribution in [1.29, 1.82) is 0 Å². The molecular formula is C12H24N2O2. The van der Waals surface area contributed by atoms with Crippen LogP contribution in [-0.4, -0.2) is 50.2 Å². The number of rotatable bonds is 7. The molecule has 1 saturated heterocycles. The summed E-state index contributed by atoms with van der Waals surface area (Å²) in [4.78, 5) is 13.4. The van der Waals surface area contributed by atoms with Crippen molar-refractivity contribution in [3.63, 3.8) is 0 Å². The summed E-state index contributed by atoms with van der Waals surface area (Å²) >= 11 is 0. The summed E-state index contributed by atoms with van der Waals surface area (Å²) in [6, 6.07) is 0. The van der Waals surface area contributed by atoms with Crippen LogP contribution in [-0.2, 0) is 9.53 Å². The van der Waals surface area contributed by atoms with E-state index in [-0.39, 0.29) is 12.5 Å². The third-order valence-corrected chi connectivity index (χ3v) is 3.17. The van der Waals surface area contributed by atoms with Gasteiger partial charge in [0.05, 0.1) is 0 Å². The summed E-state index contributed by atoms with van der Waals surface area (Å²) < 4.78 is 5.42. The largest absolute Gasteiger partial charge is 0.372 e. The standard InChI is InChI=1S/C12H24N2O2/c1-3-14(4-2)12(15)10-16-8-6-11-5-7-13-9-11/h11,13H,3-10H2,1-2H3. The maximum Gasteiger partial charge on any atom is 0.248 e. The molecule has 1 heterocycles. The fourth-order valence-electron chi connectivity index (χ4n) is 2.04. The van der Waals surface area contributed by atoms with Gasteiger partial charge in [0.15, 0.2) is 0 Å². The van der Waals surface area contributed by atoms with Crippen molar-refractivity contribution in [2.75, 3.05) is 39.4 Å². The van der Waals surface area contributed by atoms with E-state index >= 15 is 0 Å². The Labute approximate surface area is 98.3 Å². The highest BCUT2D eigenvalue weighted by Crippen LogP contribution is 2.11. The predicted molar refractivity (Wildman–Crippen MR) is 64.3 cm³/mol. The molecule has 1 fully saturated rings. The molecule has 4 heteroatoms. The average molecular weight is 228 g/mol. The highest BCUT2D eigenvalue weighted by atomic mass is 16.5. The molecule has 0 bridgehead atoms. The van der Waals surface area contributed by atoms with Crippen molar-refractivity contribution in [2.24, 2.45) is 5.92 Å². The molecule has 1 unspecified atom stereocenters. The Balaban J connectivity index is 2.03. The van der Waals surface area contributed by atoms with Gasteiger partial charge in [0, 0.05) is 19.7 Å². The van der Waals surface area contributed by atoms with Crippen LogP contribution in [0.15, 0.2) is 0 Å². The second-order valence-corrected chi connectivity index (χ2v) is 4.27. The van der Waals surface area contributed by atoms with Crippen molar-refractivity contribution >= 4 is 5.91 Å². The van der Waals surface area contributed by atoms with Crippen molar-refractivity contribution in [2.45, 2.75) is 26.7 Å². The Bertz CT molecular complexity index is 199. The lowest BCUT2D eigenvalue weighted by Crippen LogP contribution is -2.33. The van der Waals surface area contributed by atoms with E-state index in [4.69, 9.17) is 4.74 Å².